The zero-order valence-electron chi connectivity index (χ0n) is 8.02. The lowest BCUT2D eigenvalue weighted by Gasteiger charge is -2.08. The number of aromatic nitrogens is 1. The molecule has 15 heavy (non-hydrogen) atoms. The molecule has 0 aliphatic rings. The first-order valence-electron chi connectivity index (χ1n) is 4.39. The molecule has 0 radical (unpaired) electrons. The van der Waals surface area contributed by atoms with E-state index in [1.54, 1.807) is 6.92 Å². The van der Waals surface area contributed by atoms with Crippen LogP contribution in [0.4, 0.5) is 0 Å². The van der Waals surface area contributed by atoms with Gasteiger partial charge in [0.05, 0.1) is 11.1 Å². The first kappa shape index (κ1) is 9.45. The predicted octanol–water partition coefficient (Wildman–Crippen LogP) is 1.32. The lowest BCUT2D eigenvalue weighted by molar-refractivity contribution is -0.268. The highest BCUT2D eigenvalue weighted by atomic mass is 16.4. The summed E-state index contributed by atoms with van der Waals surface area (Å²) in [6, 6.07) is 5.67. The predicted molar refractivity (Wildman–Crippen MR) is 52.9 cm³/mol. The molecular weight excluding hydrogens is 194 g/mol. The van der Waals surface area contributed by atoms with Crippen molar-refractivity contribution >= 4 is 16.9 Å². The minimum atomic E-state index is -1.05. The van der Waals surface area contributed by atoms with Crippen LogP contribution in [0.25, 0.3) is 10.9 Å². The second-order valence-corrected chi connectivity index (χ2v) is 3.30. The standard InChI is InChI=1S/C11H9NO3/c1-6-4-9(11(14)15)8-5-7(13)2-3-10(8)12-6/h2-5,13H,1H3,(H,14,15)/p-1. The van der Waals surface area contributed by atoms with Gasteiger partial charge in [0.1, 0.15) is 0 Å². The summed E-state index contributed by atoms with van der Waals surface area (Å²) in [6.45, 7) is 1.72. The van der Waals surface area contributed by atoms with Gasteiger partial charge < -0.3 is 10.2 Å². The monoisotopic (exact) mass is 202 g/mol. The maximum absolute atomic E-state index is 11.1. The molecule has 0 saturated heterocycles. The molecule has 0 fully saturated rings. The van der Waals surface area contributed by atoms with Crippen LogP contribution in [0.2, 0.25) is 0 Å². The van der Waals surface area contributed by atoms with Crippen molar-refractivity contribution in [1.29, 1.82) is 0 Å². The lowest BCUT2D eigenvalue weighted by Crippen LogP contribution is -2.01. The van der Waals surface area contributed by atoms with E-state index < -0.39 is 5.97 Å². The Morgan fingerprint density at radius 2 is 2.13 bits per heavy atom. The molecular formula is C11H8NO3-. The average molecular weight is 202 g/mol. The Morgan fingerprint density at radius 3 is 2.80 bits per heavy atom. The molecule has 0 bridgehead atoms. The van der Waals surface area contributed by atoms with Crippen molar-refractivity contribution in [3.05, 3.63) is 35.5 Å². The van der Waals surface area contributed by atoms with Crippen LogP contribution in [0.15, 0.2) is 24.3 Å². The fraction of sp³-hybridized carbons (Fsp3) is 0.0909. The van der Waals surface area contributed by atoms with Gasteiger partial charge in [-0.3, -0.25) is 4.98 Å². The highest BCUT2D eigenvalue weighted by Crippen LogP contribution is 2.21. The van der Waals surface area contributed by atoms with Crippen molar-refractivity contribution in [1.82, 2.24) is 4.98 Å². The number of carbonyl (C=O) groups is 1. The van der Waals surface area contributed by atoms with Crippen LogP contribution >= 0.6 is 0 Å². The van der Waals surface area contributed by atoms with Gasteiger partial charge in [-0.15, -0.1) is 5.75 Å². The Morgan fingerprint density at radius 1 is 1.40 bits per heavy atom. The Bertz CT molecular complexity index is 549. The summed E-state index contributed by atoms with van der Waals surface area (Å²) in [5.41, 5.74) is 1.28. The van der Waals surface area contributed by atoms with E-state index in [9.17, 15) is 9.90 Å². The molecule has 0 saturated carbocycles. The number of benzene rings is 1. The smallest absolute Gasteiger partial charge is 0.336 e. The van der Waals surface area contributed by atoms with Gasteiger partial charge in [-0.25, -0.2) is 4.79 Å². The van der Waals surface area contributed by atoms with E-state index in [4.69, 9.17) is 5.11 Å². The topological polar surface area (TPSA) is 73.2 Å². The Kier molecular flexibility index (Phi) is 2.04. The number of carboxylic acid groups (broad SMARTS) is 1. The van der Waals surface area contributed by atoms with E-state index in [1.165, 1.54) is 24.3 Å². The second-order valence-electron chi connectivity index (χ2n) is 3.30. The highest BCUT2D eigenvalue weighted by molar-refractivity contribution is 6.02. The van der Waals surface area contributed by atoms with E-state index in [0.717, 1.165) is 0 Å². The van der Waals surface area contributed by atoms with E-state index in [0.29, 0.717) is 16.6 Å². The first-order valence-corrected chi connectivity index (χ1v) is 4.39. The zero-order valence-corrected chi connectivity index (χ0v) is 8.02. The summed E-state index contributed by atoms with van der Waals surface area (Å²) in [5, 5.41) is 20.5. The van der Waals surface area contributed by atoms with Crippen LogP contribution in [0.3, 0.4) is 0 Å². The number of nitrogens with zero attached hydrogens (tertiary/aromatic N) is 1. The quantitative estimate of drug-likeness (QED) is 0.756. The van der Waals surface area contributed by atoms with Crippen LogP contribution in [0, 0.1) is 6.92 Å². The number of hydrogen-bond donors (Lipinski definition) is 1. The molecule has 1 N–H and O–H groups in total. The summed E-state index contributed by atoms with van der Waals surface area (Å²) in [5.74, 6) is -1.26. The van der Waals surface area contributed by atoms with Crippen molar-refractivity contribution in [2.75, 3.05) is 0 Å². The van der Waals surface area contributed by atoms with E-state index >= 15 is 0 Å². The van der Waals surface area contributed by atoms with Crippen LogP contribution in [-0.2, 0) is 0 Å². The molecule has 2 aromatic rings. The lowest BCUT2D eigenvalue weighted by atomic mass is 10.1. The van der Waals surface area contributed by atoms with Crippen molar-refractivity contribution in [2.45, 2.75) is 6.92 Å². The molecule has 0 spiro atoms. The molecule has 1 aromatic heterocycles. The number of carboxylic acids is 1. The minimum absolute atomic E-state index is 0.121. The molecule has 0 atom stereocenters. The van der Waals surface area contributed by atoms with Gasteiger partial charge in [0, 0.05) is 11.1 Å². The molecule has 0 amide bonds. The summed E-state index contributed by atoms with van der Waals surface area (Å²) < 4.78 is 0. The van der Waals surface area contributed by atoms with Gasteiger partial charge in [0.15, 0.2) is 0 Å². The summed E-state index contributed by atoms with van der Waals surface area (Å²) >= 11 is 0. The van der Waals surface area contributed by atoms with Crippen LogP contribution in [0.5, 0.6) is 5.75 Å². The maximum atomic E-state index is 11.1. The number of pyridine rings is 1. The number of fused-ring (bicyclic) bond motifs is 1. The molecule has 1 heterocycles. The minimum Gasteiger partial charge on any atom is -0.872 e. The van der Waals surface area contributed by atoms with E-state index in [-0.39, 0.29) is 11.3 Å². The van der Waals surface area contributed by atoms with Gasteiger partial charge in [-0.1, -0.05) is 12.1 Å². The van der Waals surface area contributed by atoms with Gasteiger partial charge >= 0.3 is 5.97 Å². The Balaban J connectivity index is 2.87. The Labute approximate surface area is 85.8 Å². The van der Waals surface area contributed by atoms with Crippen molar-refractivity contribution < 1.29 is 15.0 Å². The third-order valence-corrected chi connectivity index (χ3v) is 2.14. The van der Waals surface area contributed by atoms with E-state index in [1.807, 2.05) is 0 Å². The second kappa shape index (κ2) is 3.24. The molecule has 4 heteroatoms. The summed E-state index contributed by atoms with van der Waals surface area (Å²) in [4.78, 5) is 15.1. The molecule has 0 aliphatic heterocycles. The number of aromatic carboxylic acids is 1. The van der Waals surface area contributed by atoms with Crippen LogP contribution in [0.1, 0.15) is 16.1 Å². The number of hydrogen-bond acceptors (Lipinski definition) is 3. The fourth-order valence-corrected chi connectivity index (χ4v) is 1.51. The van der Waals surface area contributed by atoms with Gasteiger partial charge in [-0.05, 0) is 19.1 Å². The van der Waals surface area contributed by atoms with Gasteiger partial charge in [0.25, 0.3) is 0 Å². The number of rotatable bonds is 1. The van der Waals surface area contributed by atoms with Gasteiger partial charge in [0.2, 0.25) is 0 Å². The van der Waals surface area contributed by atoms with Crippen molar-refractivity contribution in [3.63, 3.8) is 0 Å². The van der Waals surface area contributed by atoms with Gasteiger partial charge in [-0.2, -0.15) is 0 Å². The summed E-state index contributed by atoms with van der Waals surface area (Å²) in [6.07, 6.45) is 0. The molecule has 1 aromatic carbocycles. The molecule has 0 aliphatic carbocycles. The summed E-state index contributed by atoms with van der Waals surface area (Å²) in [7, 11) is 0. The van der Waals surface area contributed by atoms with E-state index in [2.05, 4.69) is 4.98 Å². The van der Waals surface area contributed by atoms with Crippen molar-refractivity contribution in [3.8, 4) is 5.75 Å². The van der Waals surface area contributed by atoms with Crippen LogP contribution < -0.4 is 5.11 Å². The SMILES string of the molecule is Cc1cc(C(=O)O)c2cc([O-])ccc2n1. The molecule has 4 nitrogen and oxygen atoms in total. The first-order chi connectivity index (χ1) is 7.08. The Hall–Kier alpha value is -2.10. The maximum Gasteiger partial charge on any atom is 0.336 e. The zero-order chi connectivity index (χ0) is 11.0. The molecule has 0 unspecified atom stereocenters. The normalized spacial score (nSPS) is 10.5. The van der Waals surface area contributed by atoms with Crippen LogP contribution in [-0.4, -0.2) is 16.1 Å². The number of aryl methyl sites for hydroxylation is 1. The fourth-order valence-electron chi connectivity index (χ4n) is 1.51. The molecule has 2 rings (SSSR count). The largest absolute Gasteiger partial charge is 0.872 e. The molecule has 76 valence electrons. The third kappa shape index (κ3) is 1.61. The van der Waals surface area contributed by atoms with Crippen molar-refractivity contribution in [2.24, 2.45) is 0 Å². The average Bonchev–Trinajstić information content (AvgIpc) is 2.17. The highest BCUT2D eigenvalue weighted by Gasteiger charge is 2.09. The third-order valence-electron chi connectivity index (χ3n) is 2.14.